The fraction of sp³-hybridized carbons (Fsp3) is 0.222. The number of hydrogen-bond acceptors (Lipinski definition) is 1. The SMILES string of the molecule is O=C(C(I)c1ccccc1)C(F)(F)F. The van der Waals surface area contributed by atoms with Gasteiger partial charge in [0.25, 0.3) is 5.78 Å². The van der Waals surface area contributed by atoms with Crippen LogP contribution in [0, 0.1) is 0 Å². The summed E-state index contributed by atoms with van der Waals surface area (Å²) in [6, 6.07) is 7.89. The highest BCUT2D eigenvalue weighted by Gasteiger charge is 2.42. The van der Waals surface area contributed by atoms with Gasteiger partial charge >= 0.3 is 6.18 Å². The molecule has 0 aliphatic carbocycles. The van der Waals surface area contributed by atoms with Crippen molar-refractivity contribution in [1.82, 2.24) is 0 Å². The number of rotatable bonds is 2. The van der Waals surface area contributed by atoms with Crippen molar-refractivity contribution in [3.05, 3.63) is 35.9 Å². The van der Waals surface area contributed by atoms with Crippen molar-refractivity contribution < 1.29 is 18.0 Å². The van der Waals surface area contributed by atoms with E-state index in [1.807, 2.05) is 0 Å². The first-order chi connectivity index (χ1) is 6.43. The minimum Gasteiger partial charge on any atom is -0.288 e. The molecule has 0 amide bonds. The average Bonchev–Trinajstić information content (AvgIpc) is 2.15. The van der Waals surface area contributed by atoms with Crippen LogP contribution in [0.4, 0.5) is 13.2 Å². The van der Waals surface area contributed by atoms with E-state index < -0.39 is 15.9 Å². The Balaban J connectivity index is 2.87. The van der Waals surface area contributed by atoms with Gasteiger partial charge in [-0.1, -0.05) is 52.9 Å². The first-order valence-electron chi connectivity index (χ1n) is 3.73. The quantitative estimate of drug-likeness (QED) is 0.605. The fourth-order valence-corrected chi connectivity index (χ4v) is 1.69. The molecule has 0 N–H and O–H groups in total. The molecule has 0 saturated heterocycles. The van der Waals surface area contributed by atoms with Crippen molar-refractivity contribution in [3.8, 4) is 0 Å². The summed E-state index contributed by atoms with van der Waals surface area (Å²) in [7, 11) is 0. The zero-order chi connectivity index (χ0) is 10.8. The van der Waals surface area contributed by atoms with Crippen LogP contribution in [0.5, 0.6) is 0 Å². The number of Topliss-reactive ketones (excluding diaryl/α,β-unsaturated/α-hetero) is 1. The summed E-state index contributed by atoms with van der Waals surface area (Å²) in [6.45, 7) is 0. The van der Waals surface area contributed by atoms with E-state index in [9.17, 15) is 18.0 Å². The van der Waals surface area contributed by atoms with Crippen molar-refractivity contribution >= 4 is 28.4 Å². The molecule has 0 aromatic heterocycles. The molecule has 1 rings (SSSR count). The third kappa shape index (κ3) is 2.70. The highest BCUT2D eigenvalue weighted by molar-refractivity contribution is 14.1. The molecule has 0 heterocycles. The van der Waals surface area contributed by atoms with E-state index in [0.717, 1.165) is 0 Å². The molecule has 76 valence electrons. The van der Waals surface area contributed by atoms with Gasteiger partial charge in [0.05, 0.1) is 0 Å². The van der Waals surface area contributed by atoms with Crippen LogP contribution >= 0.6 is 22.6 Å². The molecule has 0 aliphatic rings. The summed E-state index contributed by atoms with van der Waals surface area (Å²) in [4.78, 5) is 10.8. The molecule has 14 heavy (non-hydrogen) atoms. The average molecular weight is 314 g/mol. The molecule has 0 saturated carbocycles. The molecule has 5 heteroatoms. The molecular weight excluding hydrogens is 308 g/mol. The lowest BCUT2D eigenvalue weighted by Gasteiger charge is -2.11. The standard InChI is InChI=1S/C9H6F3IO/c10-9(11,12)8(14)7(13)6-4-2-1-3-5-6/h1-5,7H. The molecule has 0 radical (unpaired) electrons. The van der Waals surface area contributed by atoms with Gasteiger partial charge < -0.3 is 0 Å². The molecule has 1 unspecified atom stereocenters. The lowest BCUT2D eigenvalue weighted by Crippen LogP contribution is -2.26. The Morgan fingerprint density at radius 2 is 1.71 bits per heavy atom. The number of carbonyl (C=O) groups is 1. The second kappa shape index (κ2) is 4.29. The Morgan fingerprint density at radius 1 is 1.21 bits per heavy atom. The number of hydrogen-bond donors (Lipinski definition) is 0. The Morgan fingerprint density at radius 3 is 2.14 bits per heavy atom. The van der Waals surface area contributed by atoms with Crippen molar-refractivity contribution in [2.75, 3.05) is 0 Å². The highest BCUT2D eigenvalue weighted by atomic mass is 127. The van der Waals surface area contributed by atoms with Crippen LogP contribution in [0.1, 0.15) is 9.49 Å². The van der Waals surface area contributed by atoms with Crippen molar-refractivity contribution in [2.24, 2.45) is 0 Å². The maximum atomic E-state index is 12.0. The molecule has 0 bridgehead atoms. The number of alkyl halides is 4. The van der Waals surface area contributed by atoms with E-state index in [1.54, 1.807) is 18.2 Å². The summed E-state index contributed by atoms with van der Waals surface area (Å²) in [5, 5.41) is 0. The molecule has 1 nitrogen and oxygen atoms in total. The number of benzene rings is 1. The van der Waals surface area contributed by atoms with E-state index in [0.29, 0.717) is 5.56 Å². The summed E-state index contributed by atoms with van der Waals surface area (Å²) >= 11 is 1.49. The van der Waals surface area contributed by atoms with Gasteiger partial charge in [-0.05, 0) is 5.56 Å². The Hall–Kier alpha value is -0.590. The fourth-order valence-electron chi connectivity index (χ4n) is 0.917. The summed E-state index contributed by atoms with van der Waals surface area (Å²) in [5.74, 6) is -1.72. The van der Waals surface area contributed by atoms with Crippen molar-refractivity contribution in [3.63, 3.8) is 0 Å². The van der Waals surface area contributed by atoms with E-state index >= 15 is 0 Å². The minimum absolute atomic E-state index is 0.371. The zero-order valence-corrected chi connectivity index (χ0v) is 9.04. The lowest BCUT2D eigenvalue weighted by molar-refractivity contribution is -0.170. The molecule has 0 fully saturated rings. The van der Waals surface area contributed by atoms with Crippen molar-refractivity contribution in [1.29, 1.82) is 0 Å². The predicted octanol–water partition coefficient (Wildman–Crippen LogP) is 3.29. The maximum Gasteiger partial charge on any atom is 0.451 e. The minimum atomic E-state index is -4.76. The summed E-state index contributed by atoms with van der Waals surface area (Å²) in [6.07, 6.45) is -4.76. The number of halogens is 4. The molecule has 1 atom stereocenters. The van der Waals surface area contributed by atoms with E-state index in [-0.39, 0.29) is 0 Å². The van der Waals surface area contributed by atoms with Crippen molar-refractivity contribution in [2.45, 2.75) is 10.1 Å². The van der Waals surface area contributed by atoms with Gasteiger partial charge in [-0.15, -0.1) is 0 Å². The summed E-state index contributed by atoms with van der Waals surface area (Å²) in [5.41, 5.74) is 0.371. The van der Waals surface area contributed by atoms with E-state index in [4.69, 9.17) is 0 Å². The Kier molecular flexibility index (Phi) is 3.52. The van der Waals surface area contributed by atoms with Crippen LogP contribution < -0.4 is 0 Å². The van der Waals surface area contributed by atoms with E-state index in [1.165, 1.54) is 34.7 Å². The van der Waals surface area contributed by atoms with Crippen LogP contribution in [0.2, 0.25) is 0 Å². The third-order valence-electron chi connectivity index (χ3n) is 1.60. The van der Waals surface area contributed by atoms with Gasteiger partial charge in [0, 0.05) is 0 Å². The largest absolute Gasteiger partial charge is 0.451 e. The first-order valence-corrected chi connectivity index (χ1v) is 4.97. The third-order valence-corrected chi connectivity index (χ3v) is 2.89. The van der Waals surface area contributed by atoms with Gasteiger partial charge in [-0.2, -0.15) is 13.2 Å². The topological polar surface area (TPSA) is 17.1 Å². The zero-order valence-electron chi connectivity index (χ0n) is 6.88. The first kappa shape index (κ1) is 11.5. The van der Waals surface area contributed by atoms with Gasteiger partial charge in [0.15, 0.2) is 0 Å². The van der Waals surface area contributed by atoms with E-state index in [2.05, 4.69) is 0 Å². The second-order valence-electron chi connectivity index (χ2n) is 2.64. The molecular formula is C9H6F3IO. The van der Waals surface area contributed by atoms with Crippen LogP contribution in [-0.4, -0.2) is 12.0 Å². The number of carbonyl (C=O) groups excluding carboxylic acids is 1. The van der Waals surface area contributed by atoms with Crippen LogP contribution in [0.3, 0.4) is 0 Å². The maximum absolute atomic E-state index is 12.0. The van der Waals surface area contributed by atoms with Gasteiger partial charge in [0.2, 0.25) is 0 Å². The van der Waals surface area contributed by atoms with Gasteiger partial charge in [-0.25, -0.2) is 0 Å². The molecule has 1 aromatic rings. The lowest BCUT2D eigenvalue weighted by atomic mass is 10.1. The Labute approximate surface area is 92.4 Å². The molecule has 0 spiro atoms. The second-order valence-corrected chi connectivity index (χ2v) is 3.88. The normalized spacial score (nSPS) is 13.7. The number of ketones is 1. The van der Waals surface area contributed by atoms with Crippen LogP contribution in [0.15, 0.2) is 30.3 Å². The highest BCUT2D eigenvalue weighted by Crippen LogP contribution is 2.32. The summed E-state index contributed by atoms with van der Waals surface area (Å²) < 4.78 is 34.9. The van der Waals surface area contributed by atoms with Crippen LogP contribution in [0.25, 0.3) is 0 Å². The smallest absolute Gasteiger partial charge is 0.288 e. The van der Waals surface area contributed by atoms with Gasteiger partial charge in [0.1, 0.15) is 3.92 Å². The van der Waals surface area contributed by atoms with Gasteiger partial charge in [-0.3, -0.25) is 4.79 Å². The molecule has 0 aliphatic heterocycles. The predicted molar refractivity (Wildman–Crippen MR) is 54.3 cm³/mol. The van der Waals surface area contributed by atoms with Crippen LogP contribution in [-0.2, 0) is 4.79 Å². The monoisotopic (exact) mass is 314 g/mol. The Bertz CT molecular complexity index is 321. The molecule has 1 aromatic carbocycles.